The van der Waals surface area contributed by atoms with Crippen LogP contribution in [-0.4, -0.2) is 4.98 Å². The Morgan fingerprint density at radius 1 is 0.534 bits per heavy atom. The van der Waals surface area contributed by atoms with E-state index < -0.39 is 0 Å². The first-order valence-corrected chi connectivity index (χ1v) is 26.4. The van der Waals surface area contributed by atoms with Crippen LogP contribution in [0.3, 0.4) is 0 Å². The Morgan fingerprint density at radius 3 is 1.74 bits per heavy atom. The van der Waals surface area contributed by atoms with Gasteiger partial charge < -0.3 is 9.88 Å². The molecule has 1 N–H and O–H groups in total. The molecule has 0 amide bonds. The molecule has 0 saturated heterocycles. The summed E-state index contributed by atoms with van der Waals surface area (Å²) in [6, 6.07) is 76.1. The fourth-order valence-electron chi connectivity index (χ4n) is 10.8. The van der Waals surface area contributed by atoms with Gasteiger partial charge in [-0.15, -0.1) is 0 Å². The lowest BCUT2D eigenvalue weighted by Crippen LogP contribution is -2.10. The standard InChI is InChI=1S/C69H60N2.C2H6/c1-6-18-54-44-58(39-42-64(54)62-40-34-55(43-47(62)5)59(7-2)68-60(8-3)66-26-17-25-65(69(66)70-68)51-22-13-10-14-23-51)71(56-35-29-49(30-36-56)48-20-11-9-12-21-48)57-37-31-50(32-38-57)53-33-41-63(52-27-28-52)67(45-53)61-24-16-15-19-46(61)4;1-2/h7-17,19-26,29-45,52,70H,3,6,18,27-28H2,1-2,4-5H3;1-2H3/b59-7-;. The summed E-state index contributed by atoms with van der Waals surface area (Å²) < 4.78 is 0. The molecule has 0 atom stereocenters. The van der Waals surface area contributed by atoms with E-state index in [1.165, 1.54) is 102 Å². The quantitative estimate of drug-likeness (QED) is 0.115. The van der Waals surface area contributed by atoms with Crippen molar-refractivity contribution in [1.29, 1.82) is 0 Å². The Hall–Kier alpha value is -8.20. The zero-order valence-electron chi connectivity index (χ0n) is 43.3. The van der Waals surface area contributed by atoms with Crippen LogP contribution in [0.15, 0.2) is 219 Å². The maximum atomic E-state index is 4.29. The molecule has 0 spiro atoms. The molecule has 1 saturated carbocycles. The average Bonchev–Trinajstić information content (AvgIpc) is 4.23. The van der Waals surface area contributed by atoms with Gasteiger partial charge in [0.2, 0.25) is 0 Å². The molecule has 1 aromatic heterocycles. The minimum absolute atomic E-state index is 0.665. The minimum Gasteiger partial charge on any atom is -0.354 e. The van der Waals surface area contributed by atoms with E-state index in [-0.39, 0.29) is 0 Å². The normalized spacial score (nSPS) is 12.3. The fourth-order valence-corrected chi connectivity index (χ4v) is 10.8. The van der Waals surface area contributed by atoms with E-state index in [0.717, 1.165) is 52.3 Å². The number of aromatic amines is 1. The maximum absolute atomic E-state index is 4.29. The number of nitrogens with zero attached hydrogens (tertiary/aromatic N) is 1. The highest BCUT2D eigenvalue weighted by Crippen LogP contribution is 2.47. The number of benzene rings is 9. The van der Waals surface area contributed by atoms with Gasteiger partial charge in [0.05, 0.1) is 11.2 Å². The molecular weight excluding hydrogens is 881 g/mol. The Bertz CT molecular complexity index is 3570. The van der Waals surface area contributed by atoms with E-state index in [0.29, 0.717) is 5.92 Å². The van der Waals surface area contributed by atoms with Gasteiger partial charge in [-0.25, -0.2) is 0 Å². The zero-order valence-corrected chi connectivity index (χ0v) is 43.3. The lowest BCUT2D eigenvalue weighted by atomic mass is 9.90. The number of fused-ring (bicyclic) bond motifs is 1. The summed E-state index contributed by atoms with van der Waals surface area (Å²) in [5.74, 6) is 0.665. The van der Waals surface area contributed by atoms with Crippen molar-refractivity contribution in [2.75, 3.05) is 4.90 Å². The van der Waals surface area contributed by atoms with E-state index in [4.69, 9.17) is 0 Å². The van der Waals surface area contributed by atoms with Crippen molar-refractivity contribution in [2.45, 2.75) is 73.1 Å². The Kier molecular flexibility index (Phi) is 14.4. The molecule has 11 rings (SSSR count). The van der Waals surface area contributed by atoms with Gasteiger partial charge in [-0.3, -0.25) is 0 Å². The van der Waals surface area contributed by atoms with Gasteiger partial charge in [-0.1, -0.05) is 210 Å². The molecule has 1 heterocycles. The first-order valence-electron chi connectivity index (χ1n) is 26.4. The monoisotopic (exact) mass is 947 g/mol. The van der Waals surface area contributed by atoms with Crippen LogP contribution >= 0.6 is 0 Å². The number of H-pyrrole nitrogens is 1. The van der Waals surface area contributed by atoms with Crippen LogP contribution in [0.4, 0.5) is 17.1 Å². The molecule has 9 aromatic carbocycles. The van der Waals surface area contributed by atoms with Gasteiger partial charge in [0, 0.05) is 39.1 Å². The fraction of sp³-hybridized carbons (Fsp3) is 0.155. The van der Waals surface area contributed by atoms with Crippen molar-refractivity contribution >= 4 is 39.6 Å². The van der Waals surface area contributed by atoms with E-state index >= 15 is 0 Å². The third-order valence-electron chi connectivity index (χ3n) is 14.6. The van der Waals surface area contributed by atoms with Crippen LogP contribution in [0.25, 0.3) is 78.2 Å². The number of aromatic nitrogens is 1. The Balaban J connectivity index is 0.00000302. The predicted molar refractivity (Wildman–Crippen MR) is 316 cm³/mol. The summed E-state index contributed by atoms with van der Waals surface area (Å²) >= 11 is 0. The third-order valence-corrected chi connectivity index (χ3v) is 14.6. The molecule has 1 aliphatic carbocycles. The molecule has 0 aliphatic heterocycles. The van der Waals surface area contributed by atoms with Crippen LogP contribution < -0.4 is 4.90 Å². The molecule has 0 radical (unpaired) electrons. The number of para-hydroxylation sites is 1. The molecule has 0 unspecified atom stereocenters. The van der Waals surface area contributed by atoms with E-state index in [1.54, 1.807) is 0 Å². The topological polar surface area (TPSA) is 19.0 Å². The Labute approximate surface area is 434 Å². The largest absolute Gasteiger partial charge is 0.354 e. The Morgan fingerprint density at radius 2 is 1.11 bits per heavy atom. The number of hydrogen-bond donors (Lipinski definition) is 1. The van der Waals surface area contributed by atoms with Gasteiger partial charge >= 0.3 is 0 Å². The lowest BCUT2D eigenvalue weighted by Gasteiger charge is -2.27. The second-order valence-corrected chi connectivity index (χ2v) is 19.2. The first kappa shape index (κ1) is 48.4. The maximum Gasteiger partial charge on any atom is 0.0544 e. The van der Waals surface area contributed by atoms with Crippen LogP contribution in [0.5, 0.6) is 0 Å². The highest BCUT2D eigenvalue weighted by Gasteiger charge is 2.27. The second-order valence-electron chi connectivity index (χ2n) is 19.2. The SMILES string of the molecule is C=Cc1c(/C(=C\C)c2ccc(-c3ccc(N(c4ccc(-c5ccccc5)cc4)c4ccc(-c5ccc(C6CC6)c(-c6ccccc6C)c5)cc4)cc3CCC)c(C)c2)[nH]c2c(-c3ccccc3)cccc12.CC. The molecule has 10 aromatic rings. The highest BCUT2D eigenvalue weighted by molar-refractivity contribution is 6.03. The number of aryl methyl sites for hydroxylation is 3. The van der Waals surface area contributed by atoms with E-state index in [1.807, 2.05) is 19.9 Å². The number of anilines is 3. The summed E-state index contributed by atoms with van der Waals surface area (Å²) in [5.41, 5.74) is 27.0. The summed E-state index contributed by atoms with van der Waals surface area (Å²) in [7, 11) is 0. The average molecular weight is 947 g/mol. The van der Waals surface area contributed by atoms with Crippen molar-refractivity contribution in [3.8, 4) is 55.6 Å². The molecule has 2 heteroatoms. The minimum atomic E-state index is 0.665. The number of nitrogens with one attached hydrogen (secondary N) is 1. The summed E-state index contributed by atoms with van der Waals surface area (Å²) in [4.78, 5) is 6.29. The molecule has 73 heavy (non-hydrogen) atoms. The molecule has 1 fully saturated rings. The highest BCUT2D eigenvalue weighted by atomic mass is 15.1. The van der Waals surface area contributed by atoms with Gasteiger partial charge in [0.25, 0.3) is 0 Å². The zero-order chi connectivity index (χ0) is 50.4. The lowest BCUT2D eigenvalue weighted by molar-refractivity contribution is 0.923. The summed E-state index contributed by atoms with van der Waals surface area (Å²) in [6.45, 7) is 17.2. The van der Waals surface area contributed by atoms with Crippen LogP contribution in [0.2, 0.25) is 0 Å². The first-order chi connectivity index (χ1) is 35.9. The predicted octanol–water partition coefficient (Wildman–Crippen LogP) is 20.5. The molecule has 360 valence electrons. The van der Waals surface area contributed by atoms with Crippen LogP contribution in [0.1, 0.15) is 91.9 Å². The number of hydrogen-bond acceptors (Lipinski definition) is 1. The number of allylic oxidation sites excluding steroid dienone is 1. The van der Waals surface area contributed by atoms with Gasteiger partial charge in [0.15, 0.2) is 0 Å². The summed E-state index contributed by atoms with van der Waals surface area (Å²) in [5, 5.41) is 1.18. The van der Waals surface area contributed by atoms with Crippen molar-refractivity contribution < 1.29 is 0 Å². The van der Waals surface area contributed by atoms with Crippen molar-refractivity contribution in [3.63, 3.8) is 0 Å². The van der Waals surface area contributed by atoms with E-state index in [9.17, 15) is 0 Å². The van der Waals surface area contributed by atoms with Crippen molar-refractivity contribution in [3.05, 3.63) is 258 Å². The molecule has 0 bridgehead atoms. The van der Waals surface area contributed by atoms with Crippen molar-refractivity contribution in [2.24, 2.45) is 0 Å². The molecular formula is C71H66N2. The van der Waals surface area contributed by atoms with Crippen LogP contribution in [-0.2, 0) is 6.42 Å². The third kappa shape index (κ3) is 9.79. The van der Waals surface area contributed by atoms with Crippen molar-refractivity contribution in [1.82, 2.24) is 4.98 Å². The van der Waals surface area contributed by atoms with Gasteiger partial charge in [-0.05, 0) is 166 Å². The van der Waals surface area contributed by atoms with Gasteiger partial charge in [-0.2, -0.15) is 0 Å². The van der Waals surface area contributed by atoms with Gasteiger partial charge in [0.1, 0.15) is 0 Å². The molecule has 1 aliphatic rings. The smallest absolute Gasteiger partial charge is 0.0544 e. The van der Waals surface area contributed by atoms with E-state index in [2.05, 4.69) is 256 Å². The summed E-state index contributed by atoms with van der Waals surface area (Å²) in [6.07, 6.45) is 8.78. The van der Waals surface area contributed by atoms with Crippen LogP contribution in [0, 0.1) is 13.8 Å². The number of rotatable bonds is 14. The molecule has 2 nitrogen and oxygen atoms in total. The second kappa shape index (κ2) is 21.7.